The van der Waals surface area contributed by atoms with E-state index in [2.05, 4.69) is 15.9 Å². The Labute approximate surface area is 111 Å². The van der Waals surface area contributed by atoms with Crippen molar-refractivity contribution in [2.75, 3.05) is 20.8 Å². The Kier molecular flexibility index (Phi) is 4.44. The van der Waals surface area contributed by atoms with Crippen molar-refractivity contribution in [1.29, 1.82) is 0 Å². The van der Waals surface area contributed by atoms with Crippen LogP contribution in [0.25, 0.3) is 0 Å². The van der Waals surface area contributed by atoms with Crippen molar-refractivity contribution in [1.82, 2.24) is 0 Å². The van der Waals surface area contributed by atoms with Gasteiger partial charge < -0.3 is 14.6 Å². The minimum atomic E-state index is -0.380. The minimum absolute atomic E-state index is 0.0437. The van der Waals surface area contributed by atoms with Crippen LogP contribution in [0.2, 0.25) is 0 Å². The summed E-state index contributed by atoms with van der Waals surface area (Å²) in [5.74, 6) is 1.39. The van der Waals surface area contributed by atoms with E-state index in [0.29, 0.717) is 11.5 Å². The molecule has 17 heavy (non-hydrogen) atoms. The molecule has 1 aromatic carbocycles. The van der Waals surface area contributed by atoms with E-state index in [1.54, 1.807) is 14.2 Å². The lowest BCUT2D eigenvalue weighted by Gasteiger charge is -2.27. The summed E-state index contributed by atoms with van der Waals surface area (Å²) < 4.78 is 11.8. The third-order valence-electron chi connectivity index (χ3n) is 2.95. The van der Waals surface area contributed by atoms with E-state index in [-0.39, 0.29) is 12.0 Å². The number of benzene rings is 1. The van der Waals surface area contributed by atoms with Gasteiger partial charge in [-0.3, -0.25) is 0 Å². The molecular formula is C13H19BrO3. The predicted molar refractivity (Wildman–Crippen MR) is 72.1 cm³/mol. The van der Waals surface area contributed by atoms with Gasteiger partial charge in [0.15, 0.2) is 11.5 Å². The van der Waals surface area contributed by atoms with Crippen molar-refractivity contribution >= 4 is 15.9 Å². The predicted octanol–water partition coefficient (Wildman–Crippen LogP) is 3.04. The second kappa shape index (κ2) is 5.27. The summed E-state index contributed by atoms with van der Waals surface area (Å²) in [7, 11) is 3.23. The van der Waals surface area contributed by atoms with Crippen molar-refractivity contribution in [3.8, 4) is 11.5 Å². The lowest BCUT2D eigenvalue weighted by molar-refractivity contribution is 0.213. The van der Waals surface area contributed by atoms with Crippen molar-refractivity contribution < 1.29 is 14.6 Å². The van der Waals surface area contributed by atoms with E-state index in [9.17, 15) is 5.11 Å². The Morgan fingerprint density at radius 1 is 1.24 bits per heavy atom. The molecule has 0 bridgehead atoms. The third kappa shape index (κ3) is 2.58. The highest BCUT2D eigenvalue weighted by atomic mass is 79.9. The number of halogens is 1. The first-order valence-corrected chi connectivity index (χ1v) is 6.20. The molecule has 0 aliphatic heterocycles. The molecule has 0 saturated carbocycles. The molecule has 0 heterocycles. The second-order valence-corrected chi connectivity index (χ2v) is 5.49. The number of hydrogen-bond donors (Lipinski definition) is 1. The highest BCUT2D eigenvalue weighted by Gasteiger charge is 2.27. The Balaban J connectivity index is 3.56. The summed E-state index contributed by atoms with van der Waals surface area (Å²) in [4.78, 5) is 0. The van der Waals surface area contributed by atoms with Gasteiger partial charge in [0, 0.05) is 21.0 Å². The molecule has 0 aromatic heterocycles. The van der Waals surface area contributed by atoms with E-state index in [0.717, 1.165) is 15.6 Å². The van der Waals surface area contributed by atoms with Gasteiger partial charge in [-0.1, -0.05) is 29.8 Å². The number of aliphatic hydroxyl groups excluding tert-OH is 1. The van der Waals surface area contributed by atoms with Gasteiger partial charge in [0.2, 0.25) is 0 Å². The maximum atomic E-state index is 9.48. The van der Waals surface area contributed by atoms with Crippen LogP contribution in [0.4, 0.5) is 0 Å². The maximum Gasteiger partial charge on any atom is 0.165 e. The van der Waals surface area contributed by atoms with Gasteiger partial charge in [-0.05, 0) is 13.0 Å². The second-order valence-electron chi connectivity index (χ2n) is 4.64. The lowest BCUT2D eigenvalue weighted by Crippen LogP contribution is -2.23. The fraction of sp³-hybridized carbons (Fsp3) is 0.538. The number of ether oxygens (including phenoxy) is 2. The van der Waals surface area contributed by atoms with Crippen LogP contribution in [0, 0.1) is 6.92 Å². The van der Waals surface area contributed by atoms with Crippen molar-refractivity contribution in [3.63, 3.8) is 0 Å². The van der Waals surface area contributed by atoms with Gasteiger partial charge in [0.05, 0.1) is 20.8 Å². The van der Waals surface area contributed by atoms with Gasteiger partial charge in [0.25, 0.3) is 0 Å². The van der Waals surface area contributed by atoms with Crippen LogP contribution in [-0.4, -0.2) is 25.9 Å². The lowest BCUT2D eigenvalue weighted by atomic mass is 9.84. The van der Waals surface area contributed by atoms with Crippen molar-refractivity contribution in [3.05, 3.63) is 21.7 Å². The van der Waals surface area contributed by atoms with Crippen LogP contribution in [0.5, 0.6) is 11.5 Å². The average Bonchev–Trinajstić information content (AvgIpc) is 2.31. The fourth-order valence-electron chi connectivity index (χ4n) is 1.74. The number of hydrogen-bond acceptors (Lipinski definition) is 3. The van der Waals surface area contributed by atoms with E-state index < -0.39 is 0 Å². The Morgan fingerprint density at radius 2 is 1.76 bits per heavy atom. The number of aliphatic hydroxyl groups is 1. The van der Waals surface area contributed by atoms with Gasteiger partial charge in [-0.2, -0.15) is 0 Å². The molecule has 1 N–H and O–H groups in total. The largest absolute Gasteiger partial charge is 0.493 e. The van der Waals surface area contributed by atoms with Crippen LogP contribution in [0.15, 0.2) is 10.5 Å². The molecule has 0 atom stereocenters. The zero-order valence-corrected chi connectivity index (χ0v) is 12.5. The molecule has 0 fully saturated rings. The molecule has 0 aliphatic carbocycles. The van der Waals surface area contributed by atoms with Gasteiger partial charge in [-0.15, -0.1) is 0 Å². The van der Waals surface area contributed by atoms with Crippen LogP contribution in [-0.2, 0) is 5.41 Å². The standard InChI is InChI=1S/C13H19BrO3/c1-8-10(14)6-9(13(2,3)7-15)12(17-5)11(8)16-4/h6,15H,7H2,1-5H3. The SMILES string of the molecule is COc1c(C(C)(C)CO)cc(Br)c(C)c1OC. The summed E-state index contributed by atoms with van der Waals surface area (Å²) in [6.07, 6.45) is 0. The summed E-state index contributed by atoms with van der Waals surface area (Å²) in [6.45, 7) is 5.93. The Bertz CT molecular complexity index is 414. The van der Waals surface area contributed by atoms with E-state index >= 15 is 0 Å². The van der Waals surface area contributed by atoms with Crippen molar-refractivity contribution in [2.45, 2.75) is 26.2 Å². The topological polar surface area (TPSA) is 38.7 Å². The molecule has 0 radical (unpaired) electrons. The maximum absolute atomic E-state index is 9.48. The van der Waals surface area contributed by atoms with Crippen molar-refractivity contribution in [2.24, 2.45) is 0 Å². The summed E-state index contributed by atoms with van der Waals surface area (Å²) >= 11 is 3.51. The summed E-state index contributed by atoms with van der Waals surface area (Å²) in [5.41, 5.74) is 1.54. The van der Waals surface area contributed by atoms with Gasteiger partial charge >= 0.3 is 0 Å². The van der Waals surface area contributed by atoms with E-state index in [4.69, 9.17) is 9.47 Å². The molecule has 96 valence electrons. The number of methoxy groups -OCH3 is 2. The molecule has 0 saturated heterocycles. The highest BCUT2D eigenvalue weighted by molar-refractivity contribution is 9.10. The molecular weight excluding hydrogens is 284 g/mol. The van der Waals surface area contributed by atoms with Crippen LogP contribution >= 0.6 is 15.9 Å². The fourth-order valence-corrected chi connectivity index (χ4v) is 2.15. The average molecular weight is 303 g/mol. The van der Waals surface area contributed by atoms with Crippen LogP contribution < -0.4 is 9.47 Å². The normalized spacial score (nSPS) is 11.5. The molecule has 3 nitrogen and oxygen atoms in total. The molecule has 0 spiro atoms. The quantitative estimate of drug-likeness (QED) is 0.929. The van der Waals surface area contributed by atoms with Crippen LogP contribution in [0.1, 0.15) is 25.0 Å². The summed E-state index contributed by atoms with van der Waals surface area (Å²) in [6, 6.07) is 1.98. The Morgan fingerprint density at radius 3 is 2.18 bits per heavy atom. The first kappa shape index (κ1) is 14.3. The van der Waals surface area contributed by atoms with Gasteiger partial charge in [-0.25, -0.2) is 0 Å². The molecule has 1 aromatic rings. The Hall–Kier alpha value is -0.740. The number of rotatable bonds is 4. The summed E-state index contributed by atoms with van der Waals surface area (Å²) in [5, 5.41) is 9.48. The van der Waals surface area contributed by atoms with Crippen LogP contribution in [0.3, 0.4) is 0 Å². The zero-order chi connectivity index (χ0) is 13.2. The minimum Gasteiger partial charge on any atom is -0.493 e. The van der Waals surface area contributed by atoms with E-state index in [1.165, 1.54) is 0 Å². The molecule has 4 heteroatoms. The molecule has 0 unspecified atom stereocenters. The monoisotopic (exact) mass is 302 g/mol. The van der Waals surface area contributed by atoms with Gasteiger partial charge in [0.1, 0.15) is 0 Å². The molecule has 0 aliphatic rings. The highest BCUT2D eigenvalue weighted by Crippen LogP contribution is 2.43. The first-order valence-electron chi connectivity index (χ1n) is 5.41. The molecule has 0 amide bonds. The smallest absolute Gasteiger partial charge is 0.165 e. The van der Waals surface area contributed by atoms with E-state index in [1.807, 2.05) is 26.8 Å². The third-order valence-corrected chi connectivity index (χ3v) is 3.78. The zero-order valence-electron chi connectivity index (χ0n) is 10.9. The molecule has 1 rings (SSSR count). The first-order chi connectivity index (χ1) is 7.88.